The summed E-state index contributed by atoms with van der Waals surface area (Å²) in [5.41, 5.74) is 1.52. The van der Waals surface area contributed by atoms with Gasteiger partial charge in [0.25, 0.3) is 5.91 Å². The summed E-state index contributed by atoms with van der Waals surface area (Å²) >= 11 is 0. The summed E-state index contributed by atoms with van der Waals surface area (Å²) in [5, 5.41) is 13.9. The van der Waals surface area contributed by atoms with Crippen LogP contribution in [0.25, 0.3) is 0 Å². The topological polar surface area (TPSA) is 91.2 Å². The highest BCUT2D eigenvalue weighted by atomic mass is 16.5. The minimum Gasteiger partial charge on any atom is -0.368 e. The summed E-state index contributed by atoms with van der Waals surface area (Å²) in [5.74, 6) is -0.454. The fourth-order valence-electron chi connectivity index (χ4n) is 2.10. The van der Waals surface area contributed by atoms with Gasteiger partial charge in [-0.05, 0) is 30.5 Å². The summed E-state index contributed by atoms with van der Waals surface area (Å²) in [4.78, 5) is 23.2. The maximum atomic E-state index is 11.9. The van der Waals surface area contributed by atoms with E-state index in [4.69, 9.17) is 10.00 Å². The predicted molar refractivity (Wildman–Crippen MR) is 76.1 cm³/mol. The van der Waals surface area contributed by atoms with Gasteiger partial charge in [0.2, 0.25) is 5.91 Å². The molecular weight excluding hydrogens is 270 g/mol. The molecule has 110 valence electrons. The minimum atomic E-state index is -0.371. The van der Waals surface area contributed by atoms with Crippen LogP contribution < -0.4 is 10.6 Å². The standard InChI is InChI=1S/C15H17N3O3/c16-7-6-14(19)17-10-11-3-1-4-12(9-11)18-15(20)13-5-2-8-21-13/h1,3-4,9,13H,2,5-6,8,10H2,(H,17,19)(H,18,20). The molecule has 6 heteroatoms. The number of ether oxygens (including phenoxy) is 1. The molecule has 1 aliphatic heterocycles. The van der Waals surface area contributed by atoms with Gasteiger partial charge < -0.3 is 15.4 Å². The molecular formula is C15H17N3O3. The summed E-state index contributed by atoms with van der Waals surface area (Å²) in [6.07, 6.45) is 1.12. The fourth-order valence-corrected chi connectivity index (χ4v) is 2.10. The molecule has 1 aromatic carbocycles. The van der Waals surface area contributed by atoms with Gasteiger partial charge in [-0.15, -0.1) is 0 Å². The number of anilines is 1. The second-order valence-electron chi connectivity index (χ2n) is 4.80. The molecule has 6 nitrogen and oxygen atoms in total. The van der Waals surface area contributed by atoms with E-state index in [-0.39, 0.29) is 24.3 Å². The van der Waals surface area contributed by atoms with Crippen LogP contribution in [0, 0.1) is 11.3 Å². The summed E-state index contributed by atoms with van der Waals surface area (Å²) in [6.45, 7) is 0.952. The highest BCUT2D eigenvalue weighted by Gasteiger charge is 2.23. The van der Waals surface area contributed by atoms with Crippen LogP contribution in [0.3, 0.4) is 0 Å². The largest absolute Gasteiger partial charge is 0.368 e. The Kier molecular flexibility index (Phi) is 5.29. The third kappa shape index (κ3) is 4.58. The number of hydrogen-bond acceptors (Lipinski definition) is 4. The lowest BCUT2D eigenvalue weighted by Gasteiger charge is -2.11. The van der Waals surface area contributed by atoms with Gasteiger partial charge in [-0.2, -0.15) is 5.26 Å². The Morgan fingerprint density at radius 3 is 3.00 bits per heavy atom. The fraction of sp³-hybridized carbons (Fsp3) is 0.400. The number of nitriles is 1. The normalized spacial score (nSPS) is 17.0. The molecule has 0 aliphatic carbocycles. The molecule has 1 fully saturated rings. The van der Waals surface area contributed by atoms with Crippen LogP contribution >= 0.6 is 0 Å². The van der Waals surface area contributed by atoms with Crippen molar-refractivity contribution in [2.45, 2.75) is 31.9 Å². The number of rotatable bonds is 5. The molecule has 1 aromatic rings. The van der Waals surface area contributed by atoms with Crippen molar-refractivity contribution < 1.29 is 14.3 Å². The predicted octanol–water partition coefficient (Wildman–Crippen LogP) is 1.33. The van der Waals surface area contributed by atoms with E-state index in [0.717, 1.165) is 18.4 Å². The van der Waals surface area contributed by atoms with Crippen molar-refractivity contribution in [3.05, 3.63) is 29.8 Å². The van der Waals surface area contributed by atoms with Crippen molar-refractivity contribution in [1.29, 1.82) is 5.26 Å². The van der Waals surface area contributed by atoms with Crippen molar-refractivity contribution in [3.8, 4) is 6.07 Å². The minimum absolute atomic E-state index is 0.141. The Balaban J connectivity index is 1.89. The number of nitrogens with zero attached hydrogens (tertiary/aromatic N) is 1. The Labute approximate surface area is 123 Å². The molecule has 1 atom stereocenters. The SMILES string of the molecule is N#CCC(=O)NCc1cccc(NC(=O)C2CCCO2)c1. The number of nitrogens with one attached hydrogen (secondary N) is 2. The van der Waals surface area contributed by atoms with Crippen LogP contribution in [0.1, 0.15) is 24.8 Å². The molecule has 21 heavy (non-hydrogen) atoms. The number of carbonyl (C=O) groups excluding carboxylic acids is 2. The van der Waals surface area contributed by atoms with E-state index in [1.807, 2.05) is 6.07 Å². The first-order chi connectivity index (χ1) is 10.2. The first kappa shape index (κ1) is 15.0. The van der Waals surface area contributed by atoms with E-state index in [1.165, 1.54) is 0 Å². The van der Waals surface area contributed by atoms with Crippen LogP contribution in [0.4, 0.5) is 5.69 Å². The lowest BCUT2D eigenvalue weighted by molar-refractivity contribution is -0.124. The van der Waals surface area contributed by atoms with Gasteiger partial charge in [0.15, 0.2) is 0 Å². The number of benzene rings is 1. The maximum Gasteiger partial charge on any atom is 0.253 e. The Morgan fingerprint density at radius 2 is 2.29 bits per heavy atom. The quantitative estimate of drug-likeness (QED) is 0.854. The van der Waals surface area contributed by atoms with E-state index < -0.39 is 0 Å². The lowest BCUT2D eigenvalue weighted by Crippen LogP contribution is -2.27. The molecule has 1 heterocycles. The van der Waals surface area contributed by atoms with Crippen molar-refractivity contribution >= 4 is 17.5 Å². The van der Waals surface area contributed by atoms with Crippen LogP contribution in [-0.4, -0.2) is 24.5 Å². The van der Waals surface area contributed by atoms with Gasteiger partial charge in [0, 0.05) is 18.8 Å². The monoisotopic (exact) mass is 287 g/mol. The van der Waals surface area contributed by atoms with Gasteiger partial charge in [0.1, 0.15) is 12.5 Å². The molecule has 0 spiro atoms. The summed E-state index contributed by atoms with van der Waals surface area (Å²) < 4.78 is 5.32. The zero-order chi connectivity index (χ0) is 15.1. The van der Waals surface area contributed by atoms with E-state index in [0.29, 0.717) is 18.8 Å². The first-order valence-corrected chi connectivity index (χ1v) is 6.84. The molecule has 2 N–H and O–H groups in total. The molecule has 0 saturated carbocycles. The Morgan fingerprint density at radius 1 is 1.43 bits per heavy atom. The first-order valence-electron chi connectivity index (χ1n) is 6.84. The zero-order valence-electron chi connectivity index (χ0n) is 11.6. The number of amides is 2. The smallest absolute Gasteiger partial charge is 0.253 e. The van der Waals surface area contributed by atoms with E-state index in [1.54, 1.807) is 24.3 Å². The van der Waals surface area contributed by atoms with E-state index in [2.05, 4.69) is 10.6 Å². The molecule has 1 aliphatic rings. The molecule has 0 aromatic heterocycles. The van der Waals surface area contributed by atoms with Gasteiger partial charge in [-0.1, -0.05) is 12.1 Å². The van der Waals surface area contributed by atoms with Crippen LogP contribution in [0.15, 0.2) is 24.3 Å². The van der Waals surface area contributed by atoms with Crippen LogP contribution in [0.2, 0.25) is 0 Å². The highest BCUT2D eigenvalue weighted by Crippen LogP contribution is 2.16. The van der Waals surface area contributed by atoms with Crippen LogP contribution in [-0.2, 0) is 20.9 Å². The molecule has 2 amide bonds. The van der Waals surface area contributed by atoms with Crippen molar-refractivity contribution in [3.63, 3.8) is 0 Å². The van der Waals surface area contributed by atoms with Gasteiger partial charge in [0.05, 0.1) is 6.07 Å². The molecule has 0 bridgehead atoms. The zero-order valence-corrected chi connectivity index (χ0v) is 11.6. The Hall–Kier alpha value is -2.39. The van der Waals surface area contributed by atoms with Crippen molar-refractivity contribution in [1.82, 2.24) is 5.32 Å². The molecule has 1 unspecified atom stereocenters. The van der Waals surface area contributed by atoms with Gasteiger partial charge >= 0.3 is 0 Å². The van der Waals surface area contributed by atoms with Crippen molar-refractivity contribution in [2.24, 2.45) is 0 Å². The van der Waals surface area contributed by atoms with E-state index >= 15 is 0 Å². The second-order valence-corrected chi connectivity index (χ2v) is 4.80. The third-order valence-corrected chi connectivity index (χ3v) is 3.15. The van der Waals surface area contributed by atoms with Gasteiger partial charge in [-0.3, -0.25) is 9.59 Å². The number of hydrogen-bond donors (Lipinski definition) is 2. The average Bonchev–Trinajstić information content (AvgIpc) is 3.00. The maximum absolute atomic E-state index is 11.9. The molecule has 1 saturated heterocycles. The summed E-state index contributed by atoms with van der Waals surface area (Å²) in [6, 6.07) is 9.01. The van der Waals surface area contributed by atoms with Gasteiger partial charge in [-0.25, -0.2) is 0 Å². The molecule has 2 rings (SSSR count). The van der Waals surface area contributed by atoms with E-state index in [9.17, 15) is 9.59 Å². The van der Waals surface area contributed by atoms with Crippen LogP contribution in [0.5, 0.6) is 0 Å². The summed E-state index contributed by atoms with van der Waals surface area (Å²) in [7, 11) is 0. The average molecular weight is 287 g/mol. The molecule has 0 radical (unpaired) electrons. The third-order valence-electron chi connectivity index (χ3n) is 3.15. The highest BCUT2D eigenvalue weighted by molar-refractivity contribution is 5.94. The Bertz CT molecular complexity index is 560. The van der Waals surface area contributed by atoms with Crippen molar-refractivity contribution in [2.75, 3.05) is 11.9 Å². The second kappa shape index (κ2) is 7.41. The lowest BCUT2D eigenvalue weighted by atomic mass is 10.2. The number of carbonyl (C=O) groups is 2.